The zero-order chi connectivity index (χ0) is 17.2. The zero-order valence-corrected chi connectivity index (χ0v) is 13.1. The Balaban J connectivity index is 1.73. The molecule has 0 aliphatic rings. The van der Waals surface area contributed by atoms with Crippen LogP contribution in [0.2, 0.25) is 0 Å². The van der Waals surface area contributed by atoms with E-state index in [-0.39, 0.29) is 10.8 Å². The average molecular weight is 347 g/mol. The number of pyridine rings is 1. The van der Waals surface area contributed by atoms with Crippen LogP contribution < -0.4 is 10.6 Å². The second-order valence-electron chi connectivity index (χ2n) is 5.07. The summed E-state index contributed by atoms with van der Waals surface area (Å²) in [6.45, 7) is 0. The summed E-state index contributed by atoms with van der Waals surface area (Å²) in [7, 11) is 0. The summed E-state index contributed by atoms with van der Waals surface area (Å²) >= 11 is 5.16. The van der Waals surface area contributed by atoms with Crippen LogP contribution in [0.25, 0.3) is 10.9 Å². The first kappa shape index (κ1) is 16.2. The largest absolute Gasteiger partial charge is 0.416 e. The molecule has 1 heterocycles. The second kappa shape index (κ2) is 6.45. The Hall–Kier alpha value is -2.67. The lowest BCUT2D eigenvalue weighted by atomic mass is 10.2. The highest BCUT2D eigenvalue weighted by Crippen LogP contribution is 2.30. The summed E-state index contributed by atoms with van der Waals surface area (Å²) in [5.74, 6) is 0. The lowest BCUT2D eigenvalue weighted by Crippen LogP contribution is -2.19. The number of aromatic nitrogens is 1. The molecule has 0 fully saturated rings. The number of nitrogens with one attached hydrogen (secondary N) is 2. The van der Waals surface area contributed by atoms with Gasteiger partial charge in [0.15, 0.2) is 5.11 Å². The molecule has 0 saturated carbocycles. The van der Waals surface area contributed by atoms with Crippen molar-refractivity contribution >= 4 is 39.6 Å². The Morgan fingerprint density at radius 2 is 1.67 bits per heavy atom. The van der Waals surface area contributed by atoms with E-state index in [1.807, 2.05) is 24.3 Å². The summed E-state index contributed by atoms with van der Waals surface area (Å²) in [5, 5.41) is 6.85. The molecule has 7 heteroatoms. The highest BCUT2D eigenvalue weighted by Gasteiger charge is 2.30. The van der Waals surface area contributed by atoms with Gasteiger partial charge in [-0.2, -0.15) is 13.2 Å². The minimum atomic E-state index is -4.39. The van der Waals surface area contributed by atoms with Crippen LogP contribution in [0, 0.1) is 0 Å². The van der Waals surface area contributed by atoms with Gasteiger partial charge in [-0.1, -0.05) is 12.1 Å². The fourth-order valence-corrected chi connectivity index (χ4v) is 2.46. The monoisotopic (exact) mass is 347 g/mol. The molecule has 0 amide bonds. The van der Waals surface area contributed by atoms with Gasteiger partial charge in [0, 0.05) is 23.0 Å². The Morgan fingerprint density at radius 3 is 2.42 bits per heavy atom. The molecule has 2 N–H and O–H groups in total. The molecule has 0 saturated heterocycles. The number of hydrogen-bond donors (Lipinski definition) is 2. The minimum Gasteiger partial charge on any atom is -0.332 e. The number of halogens is 3. The van der Waals surface area contributed by atoms with Crippen LogP contribution in [-0.2, 0) is 6.18 Å². The number of benzene rings is 2. The molecule has 2 aromatic carbocycles. The van der Waals surface area contributed by atoms with Crippen molar-refractivity contribution in [3.63, 3.8) is 0 Å². The fourth-order valence-electron chi connectivity index (χ4n) is 2.22. The van der Waals surface area contributed by atoms with Crippen LogP contribution in [-0.4, -0.2) is 10.1 Å². The van der Waals surface area contributed by atoms with E-state index in [0.29, 0.717) is 0 Å². The minimum absolute atomic E-state index is 0.206. The van der Waals surface area contributed by atoms with Gasteiger partial charge >= 0.3 is 6.18 Å². The molecule has 0 unspecified atom stereocenters. The van der Waals surface area contributed by atoms with Crippen molar-refractivity contribution in [3.05, 3.63) is 66.4 Å². The highest BCUT2D eigenvalue weighted by molar-refractivity contribution is 7.80. The van der Waals surface area contributed by atoms with Crippen LogP contribution in [0.15, 0.2) is 60.8 Å². The highest BCUT2D eigenvalue weighted by atomic mass is 32.1. The van der Waals surface area contributed by atoms with Gasteiger partial charge in [0.1, 0.15) is 0 Å². The molecule has 0 radical (unpaired) electrons. The van der Waals surface area contributed by atoms with Gasteiger partial charge in [0.25, 0.3) is 0 Å². The van der Waals surface area contributed by atoms with Crippen molar-refractivity contribution in [1.82, 2.24) is 4.98 Å². The second-order valence-corrected chi connectivity index (χ2v) is 5.48. The van der Waals surface area contributed by atoms with Crippen molar-refractivity contribution in [2.45, 2.75) is 6.18 Å². The first-order valence-electron chi connectivity index (χ1n) is 7.02. The number of fused-ring (bicyclic) bond motifs is 1. The molecule has 0 spiro atoms. The van der Waals surface area contributed by atoms with Gasteiger partial charge in [0.05, 0.1) is 11.1 Å². The van der Waals surface area contributed by atoms with Crippen LogP contribution in [0.4, 0.5) is 24.5 Å². The van der Waals surface area contributed by atoms with Crippen LogP contribution in [0.5, 0.6) is 0 Å². The number of hydrogen-bond acceptors (Lipinski definition) is 2. The van der Waals surface area contributed by atoms with Crippen LogP contribution in [0.1, 0.15) is 5.56 Å². The maximum Gasteiger partial charge on any atom is 0.416 e. The fraction of sp³-hybridized carbons (Fsp3) is 0.0588. The molecular weight excluding hydrogens is 335 g/mol. The van der Waals surface area contributed by atoms with Gasteiger partial charge in [-0.15, -0.1) is 0 Å². The predicted molar refractivity (Wildman–Crippen MR) is 93.0 cm³/mol. The summed E-state index contributed by atoms with van der Waals surface area (Å²) < 4.78 is 38.2. The molecule has 0 bridgehead atoms. The van der Waals surface area contributed by atoms with Gasteiger partial charge in [0.2, 0.25) is 0 Å². The molecule has 3 nitrogen and oxygen atoms in total. The molecule has 24 heavy (non-hydrogen) atoms. The number of nitrogens with zero attached hydrogens (tertiary/aromatic N) is 1. The molecule has 0 aliphatic carbocycles. The zero-order valence-electron chi connectivity index (χ0n) is 12.3. The molecule has 3 aromatic rings. The summed E-state index contributed by atoms with van der Waals surface area (Å²) in [4.78, 5) is 4.22. The predicted octanol–water partition coefficient (Wildman–Crippen LogP) is 5.06. The maximum atomic E-state index is 12.7. The first-order chi connectivity index (χ1) is 11.4. The topological polar surface area (TPSA) is 37.0 Å². The summed E-state index contributed by atoms with van der Waals surface area (Å²) in [6, 6.07) is 14.1. The van der Waals surface area contributed by atoms with Gasteiger partial charge in [-0.05, 0) is 54.7 Å². The Morgan fingerprint density at radius 1 is 0.917 bits per heavy atom. The summed E-state index contributed by atoms with van der Waals surface area (Å²) in [5.41, 5.74) is 1.11. The van der Waals surface area contributed by atoms with Crippen LogP contribution >= 0.6 is 12.2 Å². The van der Waals surface area contributed by atoms with E-state index in [0.717, 1.165) is 28.7 Å². The number of rotatable bonds is 2. The quantitative estimate of drug-likeness (QED) is 0.635. The van der Waals surface area contributed by atoms with Crippen molar-refractivity contribution < 1.29 is 13.2 Å². The SMILES string of the molecule is FC(F)(F)c1cccc(NC(=S)Nc2ccc3ncccc3c2)c1. The molecule has 0 aliphatic heterocycles. The molecule has 3 rings (SSSR count). The van der Waals surface area contributed by atoms with Gasteiger partial charge in [-0.25, -0.2) is 0 Å². The van der Waals surface area contributed by atoms with Gasteiger partial charge in [-0.3, -0.25) is 4.98 Å². The van der Waals surface area contributed by atoms with Crippen molar-refractivity contribution in [3.8, 4) is 0 Å². The third-order valence-electron chi connectivity index (χ3n) is 3.31. The van der Waals surface area contributed by atoms with E-state index in [1.165, 1.54) is 12.1 Å². The molecule has 1 aromatic heterocycles. The number of alkyl halides is 3. The maximum absolute atomic E-state index is 12.7. The Bertz CT molecular complexity index is 893. The van der Waals surface area contributed by atoms with E-state index in [1.54, 1.807) is 12.3 Å². The Labute approximate surface area is 141 Å². The van der Waals surface area contributed by atoms with E-state index < -0.39 is 11.7 Å². The third-order valence-corrected chi connectivity index (χ3v) is 3.51. The standard InChI is InChI=1S/C17H12F3N3S/c18-17(19,20)12-4-1-5-13(10-12)22-16(24)23-14-6-7-15-11(9-14)3-2-8-21-15/h1-10H,(H2,22,23,24). The van der Waals surface area contributed by atoms with E-state index in [9.17, 15) is 13.2 Å². The van der Waals surface area contributed by atoms with Crippen molar-refractivity contribution in [2.24, 2.45) is 0 Å². The molecular formula is C17H12F3N3S. The average Bonchev–Trinajstić information content (AvgIpc) is 2.54. The third kappa shape index (κ3) is 3.80. The van der Waals surface area contributed by atoms with E-state index >= 15 is 0 Å². The number of anilines is 2. The Kier molecular flexibility index (Phi) is 4.35. The van der Waals surface area contributed by atoms with E-state index in [2.05, 4.69) is 15.6 Å². The van der Waals surface area contributed by atoms with E-state index in [4.69, 9.17) is 12.2 Å². The van der Waals surface area contributed by atoms with Crippen molar-refractivity contribution in [1.29, 1.82) is 0 Å². The van der Waals surface area contributed by atoms with Crippen LogP contribution in [0.3, 0.4) is 0 Å². The smallest absolute Gasteiger partial charge is 0.332 e. The molecule has 0 atom stereocenters. The molecule has 122 valence electrons. The lowest BCUT2D eigenvalue weighted by molar-refractivity contribution is -0.137. The lowest BCUT2D eigenvalue weighted by Gasteiger charge is -2.13. The summed E-state index contributed by atoms with van der Waals surface area (Å²) in [6.07, 6.45) is -2.69. The van der Waals surface area contributed by atoms with Gasteiger partial charge < -0.3 is 10.6 Å². The first-order valence-corrected chi connectivity index (χ1v) is 7.43. The number of thiocarbonyl (C=S) groups is 1. The normalized spacial score (nSPS) is 11.3. The van der Waals surface area contributed by atoms with Crippen molar-refractivity contribution in [2.75, 3.05) is 10.6 Å².